The van der Waals surface area contributed by atoms with E-state index in [0.29, 0.717) is 12.5 Å². The van der Waals surface area contributed by atoms with Crippen LogP contribution in [0.2, 0.25) is 0 Å². The highest BCUT2D eigenvalue weighted by molar-refractivity contribution is 5.80. The fourth-order valence-electron chi connectivity index (χ4n) is 8.43. The summed E-state index contributed by atoms with van der Waals surface area (Å²) in [7, 11) is 0. The number of benzene rings is 1. The molecular formula is C27H39NO. The first-order chi connectivity index (χ1) is 14.1. The summed E-state index contributed by atoms with van der Waals surface area (Å²) < 4.78 is 0. The Morgan fingerprint density at radius 1 is 0.966 bits per heavy atom. The number of hydrogen-bond acceptors (Lipinski definition) is 1. The van der Waals surface area contributed by atoms with Crippen LogP contribution in [0.4, 0.5) is 0 Å². The third kappa shape index (κ3) is 3.45. The Hall–Kier alpha value is -1.31. The smallest absolute Gasteiger partial charge is 0.223 e. The van der Waals surface area contributed by atoms with Crippen LogP contribution in [0.3, 0.4) is 0 Å². The van der Waals surface area contributed by atoms with Crippen LogP contribution in [-0.4, -0.2) is 5.91 Å². The van der Waals surface area contributed by atoms with Crippen LogP contribution in [0.1, 0.15) is 77.2 Å². The first-order valence-corrected chi connectivity index (χ1v) is 12.4. The molecule has 158 valence electrons. The summed E-state index contributed by atoms with van der Waals surface area (Å²) in [6, 6.07) is 10.4. The second-order valence-corrected chi connectivity index (χ2v) is 11.2. The maximum Gasteiger partial charge on any atom is 0.223 e. The van der Waals surface area contributed by atoms with Crippen molar-refractivity contribution < 1.29 is 4.79 Å². The molecule has 0 heterocycles. The zero-order valence-corrected chi connectivity index (χ0v) is 18.4. The molecule has 8 atom stereocenters. The predicted octanol–water partition coefficient (Wildman–Crippen LogP) is 6.21. The van der Waals surface area contributed by atoms with Gasteiger partial charge < -0.3 is 5.32 Å². The van der Waals surface area contributed by atoms with E-state index in [9.17, 15) is 4.79 Å². The van der Waals surface area contributed by atoms with E-state index in [1.54, 1.807) is 0 Å². The lowest BCUT2D eigenvalue weighted by Gasteiger charge is -2.56. The van der Waals surface area contributed by atoms with E-state index in [2.05, 4.69) is 43.4 Å². The van der Waals surface area contributed by atoms with E-state index in [1.165, 1.54) is 56.9 Å². The largest absolute Gasteiger partial charge is 0.352 e. The van der Waals surface area contributed by atoms with Gasteiger partial charge in [-0.25, -0.2) is 0 Å². The maximum atomic E-state index is 13.2. The number of amides is 1. The standard InChI is InChI=1S/C27H39NO/c1-18-8-10-21-20(16-18)9-11-23-22(21)14-15-27(2)24(23)12-13-25(27)26(29)28-17-19-6-4-3-5-7-19/h3-7,18,20-25H,8-17H2,1-2H3,(H,28,29)/t18-,20?,21?,22?,23+,24?,25+,27?/m0/s1. The first-order valence-electron chi connectivity index (χ1n) is 12.4. The van der Waals surface area contributed by atoms with Gasteiger partial charge in [0.2, 0.25) is 5.91 Å². The molecule has 29 heavy (non-hydrogen) atoms. The molecule has 0 saturated heterocycles. The summed E-state index contributed by atoms with van der Waals surface area (Å²) in [5, 5.41) is 3.28. The van der Waals surface area contributed by atoms with Crippen molar-refractivity contribution in [3.63, 3.8) is 0 Å². The average Bonchev–Trinajstić information content (AvgIpc) is 3.09. The molecule has 0 bridgehead atoms. The molecule has 0 aliphatic heterocycles. The predicted molar refractivity (Wildman–Crippen MR) is 118 cm³/mol. The average molecular weight is 394 g/mol. The number of nitrogens with one attached hydrogen (secondary N) is 1. The van der Waals surface area contributed by atoms with E-state index in [1.807, 2.05) is 6.07 Å². The van der Waals surface area contributed by atoms with Crippen molar-refractivity contribution in [2.24, 2.45) is 46.8 Å². The summed E-state index contributed by atoms with van der Waals surface area (Å²) in [6.45, 7) is 5.61. The number of carbonyl (C=O) groups is 1. The molecule has 1 aromatic carbocycles. The van der Waals surface area contributed by atoms with Crippen molar-refractivity contribution in [2.75, 3.05) is 0 Å². The second-order valence-electron chi connectivity index (χ2n) is 11.2. The molecule has 1 aromatic rings. The third-order valence-corrected chi connectivity index (χ3v) is 9.84. The number of rotatable bonds is 3. The second kappa shape index (κ2) is 7.75. The summed E-state index contributed by atoms with van der Waals surface area (Å²) in [4.78, 5) is 13.2. The van der Waals surface area contributed by atoms with Gasteiger partial charge in [-0.2, -0.15) is 0 Å². The Morgan fingerprint density at radius 2 is 1.76 bits per heavy atom. The van der Waals surface area contributed by atoms with Crippen LogP contribution in [0.5, 0.6) is 0 Å². The van der Waals surface area contributed by atoms with Crippen LogP contribution in [0, 0.1) is 46.8 Å². The number of carbonyl (C=O) groups excluding carboxylic acids is 1. The topological polar surface area (TPSA) is 29.1 Å². The molecular weight excluding hydrogens is 354 g/mol. The van der Waals surface area contributed by atoms with E-state index in [-0.39, 0.29) is 11.3 Å². The van der Waals surface area contributed by atoms with Gasteiger partial charge in [0, 0.05) is 12.5 Å². The van der Waals surface area contributed by atoms with E-state index in [0.717, 1.165) is 41.9 Å². The quantitative estimate of drug-likeness (QED) is 0.650. The third-order valence-electron chi connectivity index (χ3n) is 9.84. The van der Waals surface area contributed by atoms with E-state index >= 15 is 0 Å². The molecule has 4 fully saturated rings. The lowest BCUT2D eigenvalue weighted by molar-refractivity contribution is -0.132. The maximum absolute atomic E-state index is 13.2. The van der Waals surface area contributed by atoms with Crippen molar-refractivity contribution in [1.29, 1.82) is 0 Å². The Bertz CT molecular complexity index is 729. The van der Waals surface area contributed by atoms with Crippen LogP contribution in [-0.2, 0) is 11.3 Å². The van der Waals surface area contributed by atoms with Crippen LogP contribution in [0.15, 0.2) is 30.3 Å². The summed E-state index contributed by atoms with van der Waals surface area (Å²) in [5.74, 6) is 6.15. The molecule has 2 nitrogen and oxygen atoms in total. The molecule has 1 N–H and O–H groups in total. The zero-order valence-electron chi connectivity index (χ0n) is 18.4. The van der Waals surface area contributed by atoms with E-state index < -0.39 is 0 Å². The minimum absolute atomic E-state index is 0.223. The van der Waals surface area contributed by atoms with Gasteiger partial charge in [-0.05, 0) is 97.9 Å². The highest BCUT2D eigenvalue weighted by Gasteiger charge is 2.58. The van der Waals surface area contributed by atoms with Gasteiger partial charge in [0.05, 0.1) is 0 Å². The van der Waals surface area contributed by atoms with Gasteiger partial charge in [0.15, 0.2) is 0 Å². The highest BCUT2D eigenvalue weighted by atomic mass is 16.1. The summed E-state index contributed by atoms with van der Waals surface area (Å²) in [5.41, 5.74) is 1.44. The van der Waals surface area contributed by atoms with Crippen molar-refractivity contribution >= 4 is 5.91 Å². The summed E-state index contributed by atoms with van der Waals surface area (Å²) >= 11 is 0. The first kappa shape index (κ1) is 19.6. The Morgan fingerprint density at radius 3 is 2.59 bits per heavy atom. The molecule has 0 spiro atoms. The molecule has 4 aliphatic rings. The summed E-state index contributed by atoms with van der Waals surface area (Å²) in [6.07, 6.45) is 12.4. The normalized spacial score (nSPS) is 43.7. The molecule has 0 aromatic heterocycles. The zero-order chi connectivity index (χ0) is 20.0. The van der Waals surface area contributed by atoms with Gasteiger partial charge in [-0.3, -0.25) is 4.79 Å². The fraction of sp³-hybridized carbons (Fsp3) is 0.741. The lowest BCUT2D eigenvalue weighted by atomic mass is 9.49. The molecule has 0 radical (unpaired) electrons. The van der Waals surface area contributed by atoms with Crippen molar-refractivity contribution in [3.05, 3.63) is 35.9 Å². The van der Waals surface area contributed by atoms with Gasteiger partial charge in [-0.15, -0.1) is 0 Å². The van der Waals surface area contributed by atoms with Crippen LogP contribution < -0.4 is 5.32 Å². The monoisotopic (exact) mass is 393 g/mol. The molecule has 4 saturated carbocycles. The van der Waals surface area contributed by atoms with Gasteiger partial charge in [0.1, 0.15) is 0 Å². The minimum atomic E-state index is 0.223. The molecule has 1 amide bonds. The van der Waals surface area contributed by atoms with Crippen molar-refractivity contribution in [3.8, 4) is 0 Å². The molecule has 5 rings (SSSR count). The van der Waals surface area contributed by atoms with Crippen LogP contribution in [0.25, 0.3) is 0 Å². The SMILES string of the molecule is C[C@H]1CCC2C(CC[C@@H]3C2CCC2(C)C3CC[C@@H]2C(=O)NCc2ccccc2)C1. The Kier molecular flexibility index (Phi) is 5.25. The lowest BCUT2D eigenvalue weighted by Crippen LogP contribution is -2.50. The molecule has 5 unspecified atom stereocenters. The van der Waals surface area contributed by atoms with Crippen molar-refractivity contribution in [1.82, 2.24) is 5.32 Å². The van der Waals surface area contributed by atoms with Crippen molar-refractivity contribution in [2.45, 2.75) is 78.2 Å². The Labute approximate surface area is 177 Å². The Balaban J connectivity index is 1.27. The van der Waals surface area contributed by atoms with Crippen LogP contribution >= 0.6 is 0 Å². The minimum Gasteiger partial charge on any atom is -0.352 e. The highest BCUT2D eigenvalue weighted by Crippen LogP contribution is 2.64. The molecule has 4 aliphatic carbocycles. The van der Waals surface area contributed by atoms with Gasteiger partial charge >= 0.3 is 0 Å². The van der Waals surface area contributed by atoms with Gasteiger partial charge in [0.25, 0.3) is 0 Å². The van der Waals surface area contributed by atoms with Gasteiger partial charge in [-0.1, -0.05) is 50.6 Å². The van der Waals surface area contributed by atoms with E-state index in [4.69, 9.17) is 0 Å². The number of fused-ring (bicyclic) bond motifs is 5. The molecule has 2 heteroatoms. The fourth-order valence-corrected chi connectivity index (χ4v) is 8.43. The number of hydrogen-bond donors (Lipinski definition) is 1.